The highest BCUT2D eigenvalue weighted by Gasteiger charge is 2.22. The van der Waals surface area contributed by atoms with Crippen LogP contribution in [0.4, 0.5) is 5.69 Å². The van der Waals surface area contributed by atoms with Crippen LogP contribution in [0.3, 0.4) is 0 Å². The van der Waals surface area contributed by atoms with Crippen LogP contribution >= 0.6 is 11.6 Å². The minimum atomic E-state index is -3.53. The zero-order valence-corrected chi connectivity index (χ0v) is 12.5. The van der Waals surface area contributed by atoms with Crippen LogP contribution in [-0.4, -0.2) is 25.2 Å². The van der Waals surface area contributed by atoms with Crippen LogP contribution in [0.15, 0.2) is 18.2 Å². The molecule has 0 spiro atoms. The summed E-state index contributed by atoms with van der Waals surface area (Å²) in [5, 5.41) is 8.97. The molecule has 1 rings (SSSR count). The lowest BCUT2D eigenvalue weighted by atomic mass is 10.0. The predicted octanol–water partition coefficient (Wildman–Crippen LogP) is 2.83. The van der Waals surface area contributed by atoms with E-state index in [1.165, 1.54) is 18.2 Å². The van der Waals surface area contributed by atoms with Crippen LogP contribution in [0.1, 0.15) is 31.1 Å². The number of anilines is 1. The number of carboxylic acids is 1. The maximum atomic E-state index is 11.9. The Morgan fingerprint density at radius 2 is 1.95 bits per heavy atom. The maximum absolute atomic E-state index is 11.9. The lowest BCUT2D eigenvalue weighted by Crippen LogP contribution is -2.26. The highest BCUT2D eigenvalue weighted by Crippen LogP contribution is 2.23. The number of hydrogen-bond donors (Lipinski definition) is 2. The quantitative estimate of drug-likeness (QED) is 0.896. The summed E-state index contributed by atoms with van der Waals surface area (Å²) in [5.41, 5.74) is -0.350. The van der Waals surface area contributed by atoms with E-state index in [9.17, 15) is 13.2 Å². The van der Waals surface area contributed by atoms with Crippen molar-refractivity contribution in [3.05, 3.63) is 28.8 Å². The number of hydrogen-bond acceptors (Lipinski definition) is 3. The Morgan fingerprint density at radius 1 is 1.37 bits per heavy atom. The molecule has 0 aliphatic heterocycles. The molecule has 106 valence electrons. The van der Waals surface area contributed by atoms with E-state index in [4.69, 9.17) is 16.7 Å². The molecule has 0 bridgehead atoms. The fraction of sp³-hybridized carbons (Fsp3) is 0.417. The predicted molar refractivity (Wildman–Crippen MR) is 75.3 cm³/mol. The van der Waals surface area contributed by atoms with Crippen molar-refractivity contribution in [2.24, 2.45) is 5.41 Å². The lowest BCUT2D eigenvalue weighted by Gasteiger charge is -2.19. The van der Waals surface area contributed by atoms with Crippen LogP contribution in [0, 0.1) is 5.41 Å². The van der Waals surface area contributed by atoms with Gasteiger partial charge in [0.15, 0.2) is 0 Å². The Labute approximate surface area is 117 Å². The summed E-state index contributed by atoms with van der Waals surface area (Å²) >= 11 is 5.71. The molecule has 1 aromatic carbocycles. The second kappa shape index (κ2) is 5.38. The molecule has 0 aromatic heterocycles. The molecule has 0 atom stereocenters. The molecule has 0 fully saturated rings. The van der Waals surface area contributed by atoms with E-state index in [-0.39, 0.29) is 22.0 Å². The van der Waals surface area contributed by atoms with Crippen molar-refractivity contribution in [3.8, 4) is 0 Å². The Hall–Kier alpha value is -1.27. The van der Waals surface area contributed by atoms with Gasteiger partial charge in [-0.3, -0.25) is 4.72 Å². The van der Waals surface area contributed by atoms with Crippen LogP contribution in [0.25, 0.3) is 0 Å². The largest absolute Gasteiger partial charge is 0.478 e. The summed E-state index contributed by atoms with van der Waals surface area (Å²) in [5.74, 6) is -1.27. The average molecular weight is 306 g/mol. The molecule has 0 heterocycles. The first-order chi connectivity index (χ1) is 8.50. The van der Waals surface area contributed by atoms with E-state index in [1.807, 2.05) is 0 Å². The highest BCUT2D eigenvalue weighted by atomic mass is 35.5. The molecule has 1 aromatic rings. The maximum Gasteiger partial charge on any atom is 0.337 e. The van der Waals surface area contributed by atoms with Crippen LogP contribution in [-0.2, 0) is 10.0 Å². The number of halogens is 1. The first-order valence-corrected chi connectivity index (χ1v) is 7.56. The fourth-order valence-electron chi connectivity index (χ4n) is 1.54. The Kier molecular flexibility index (Phi) is 4.47. The van der Waals surface area contributed by atoms with Gasteiger partial charge in [0.25, 0.3) is 0 Å². The third kappa shape index (κ3) is 5.08. The van der Waals surface area contributed by atoms with Gasteiger partial charge in [-0.15, -0.1) is 0 Å². The van der Waals surface area contributed by atoms with Crippen molar-refractivity contribution in [3.63, 3.8) is 0 Å². The summed E-state index contributed by atoms with van der Waals surface area (Å²) in [6.45, 7) is 5.41. The first-order valence-electron chi connectivity index (χ1n) is 5.53. The van der Waals surface area contributed by atoms with Gasteiger partial charge < -0.3 is 5.11 Å². The number of rotatable bonds is 4. The van der Waals surface area contributed by atoms with E-state index < -0.39 is 21.4 Å². The molecule has 0 saturated carbocycles. The number of carbonyl (C=O) groups is 1. The third-order valence-corrected chi connectivity index (χ3v) is 4.22. The van der Waals surface area contributed by atoms with Gasteiger partial charge >= 0.3 is 5.97 Å². The smallest absolute Gasteiger partial charge is 0.337 e. The molecule has 5 nitrogen and oxygen atoms in total. The van der Waals surface area contributed by atoms with Gasteiger partial charge in [-0.1, -0.05) is 32.4 Å². The third-order valence-electron chi connectivity index (χ3n) is 2.09. The Morgan fingerprint density at radius 3 is 2.42 bits per heavy atom. The molecule has 0 radical (unpaired) electrons. The van der Waals surface area contributed by atoms with E-state index in [0.29, 0.717) is 0 Å². The molecular formula is C12H16ClNO4S. The molecule has 7 heteroatoms. The number of aromatic carboxylic acids is 1. The molecule has 0 amide bonds. The first kappa shape index (κ1) is 15.8. The highest BCUT2D eigenvalue weighted by molar-refractivity contribution is 7.92. The minimum absolute atomic E-state index is 0.0614. The van der Waals surface area contributed by atoms with Crippen molar-refractivity contribution in [2.75, 3.05) is 10.5 Å². The summed E-state index contributed by atoms with van der Waals surface area (Å²) in [6.07, 6.45) is 0. The van der Waals surface area contributed by atoms with Gasteiger partial charge in [-0.05, 0) is 23.6 Å². The normalized spacial score (nSPS) is 12.2. The average Bonchev–Trinajstić information content (AvgIpc) is 2.16. The number of benzene rings is 1. The van der Waals surface area contributed by atoms with Crippen molar-refractivity contribution in [2.45, 2.75) is 20.8 Å². The van der Waals surface area contributed by atoms with Crippen molar-refractivity contribution >= 4 is 33.3 Å². The van der Waals surface area contributed by atoms with Gasteiger partial charge in [-0.2, -0.15) is 0 Å². The molecule has 0 unspecified atom stereocenters. The number of nitrogens with one attached hydrogen (secondary N) is 1. The summed E-state index contributed by atoms with van der Waals surface area (Å²) < 4.78 is 26.1. The second-order valence-electron chi connectivity index (χ2n) is 5.42. The van der Waals surface area contributed by atoms with E-state index in [2.05, 4.69) is 4.72 Å². The molecule has 0 saturated heterocycles. The SMILES string of the molecule is CC(C)(C)CS(=O)(=O)Nc1ccc(Cl)c(C(=O)O)c1. The lowest BCUT2D eigenvalue weighted by molar-refractivity contribution is 0.0697. The zero-order valence-electron chi connectivity index (χ0n) is 10.9. The monoisotopic (exact) mass is 305 g/mol. The van der Waals surface area contributed by atoms with Gasteiger partial charge in [0.2, 0.25) is 10.0 Å². The molecule has 0 aliphatic carbocycles. The van der Waals surface area contributed by atoms with E-state index >= 15 is 0 Å². The Bertz CT molecular complexity index is 590. The minimum Gasteiger partial charge on any atom is -0.478 e. The molecule has 2 N–H and O–H groups in total. The van der Waals surface area contributed by atoms with Gasteiger partial charge in [0.1, 0.15) is 0 Å². The molecular weight excluding hydrogens is 290 g/mol. The van der Waals surface area contributed by atoms with Crippen LogP contribution in [0.5, 0.6) is 0 Å². The van der Waals surface area contributed by atoms with Gasteiger partial charge in [-0.25, -0.2) is 13.2 Å². The van der Waals surface area contributed by atoms with Gasteiger partial charge in [0.05, 0.1) is 16.3 Å². The summed E-state index contributed by atoms with van der Waals surface area (Å²) in [6, 6.07) is 3.97. The number of carboxylic acid groups (broad SMARTS) is 1. The zero-order chi connectivity index (χ0) is 14.8. The summed E-state index contributed by atoms with van der Waals surface area (Å²) in [7, 11) is -3.53. The van der Waals surface area contributed by atoms with Crippen molar-refractivity contribution in [1.29, 1.82) is 0 Å². The Balaban J connectivity index is 3.01. The number of sulfonamides is 1. The molecule has 19 heavy (non-hydrogen) atoms. The van der Waals surface area contributed by atoms with Crippen molar-refractivity contribution < 1.29 is 18.3 Å². The van der Waals surface area contributed by atoms with Gasteiger partial charge in [0, 0.05) is 5.69 Å². The topological polar surface area (TPSA) is 83.5 Å². The van der Waals surface area contributed by atoms with Crippen LogP contribution in [0.2, 0.25) is 5.02 Å². The van der Waals surface area contributed by atoms with E-state index in [1.54, 1.807) is 20.8 Å². The summed E-state index contributed by atoms with van der Waals surface area (Å²) in [4.78, 5) is 10.9. The van der Waals surface area contributed by atoms with Crippen molar-refractivity contribution in [1.82, 2.24) is 0 Å². The van der Waals surface area contributed by atoms with E-state index in [0.717, 1.165) is 0 Å². The van der Waals surface area contributed by atoms with Crippen LogP contribution < -0.4 is 4.72 Å². The fourth-order valence-corrected chi connectivity index (χ4v) is 3.44. The molecule has 0 aliphatic rings. The standard InChI is InChI=1S/C12H16ClNO4S/c1-12(2,3)7-19(17,18)14-8-4-5-10(13)9(6-8)11(15)16/h4-6,14H,7H2,1-3H3,(H,15,16). The second-order valence-corrected chi connectivity index (χ2v) is 7.55.